The van der Waals surface area contributed by atoms with Crippen molar-refractivity contribution in [3.8, 4) is 0 Å². The Bertz CT molecular complexity index is 566. The van der Waals surface area contributed by atoms with Gasteiger partial charge in [-0.05, 0) is 38.1 Å². The number of rotatable bonds is 4. The molecule has 2 aromatic rings. The van der Waals surface area contributed by atoms with Gasteiger partial charge < -0.3 is 10.2 Å². The summed E-state index contributed by atoms with van der Waals surface area (Å²) >= 11 is 0. The number of hydrogen-bond acceptors (Lipinski definition) is 4. The van der Waals surface area contributed by atoms with E-state index in [2.05, 4.69) is 15.5 Å². The van der Waals surface area contributed by atoms with E-state index in [-0.39, 0.29) is 11.9 Å². The molecule has 1 heterocycles. The lowest BCUT2D eigenvalue weighted by molar-refractivity contribution is 0.0937. The number of amides is 1. The summed E-state index contributed by atoms with van der Waals surface area (Å²) in [5, 5.41) is 10.9. The molecule has 0 aliphatic carbocycles. The predicted octanol–water partition coefficient (Wildman–Crippen LogP) is 2.38. The van der Waals surface area contributed by atoms with Gasteiger partial charge >= 0.3 is 0 Å². The average molecular weight is 270 g/mol. The van der Waals surface area contributed by atoms with Gasteiger partial charge in [0.05, 0.1) is 0 Å². The largest absolute Gasteiger partial charge is 0.348 e. The molecule has 1 aromatic heterocycles. The lowest BCUT2D eigenvalue weighted by Crippen LogP contribution is -2.31. The van der Waals surface area contributed by atoms with Crippen LogP contribution in [0.3, 0.4) is 0 Å². The van der Waals surface area contributed by atoms with Crippen molar-refractivity contribution >= 4 is 17.4 Å². The van der Waals surface area contributed by atoms with Gasteiger partial charge in [-0.2, -0.15) is 0 Å². The van der Waals surface area contributed by atoms with Crippen molar-refractivity contribution in [3.63, 3.8) is 0 Å². The van der Waals surface area contributed by atoms with Gasteiger partial charge in [-0.15, -0.1) is 10.2 Å². The summed E-state index contributed by atoms with van der Waals surface area (Å²) in [4.78, 5) is 13.7. The summed E-state index contributed by atoms with van der Waals surface area (Å²) in [6, 6.07) is 13.4. The first-order chi connectivity index (χ1) is 9.58. The van der Waals surface area contributed by atoms with Crippen LogP contribution in [0.5, 0.6) is 0 Å². The second kappa shape index (κ2) is 6.14. The molecule has 5 nitrogen and oxygen atoms in total. The summed E-state index contributed by atoms with van der Waals surface area (Å²) in [5.74, 6) is 0.485. The van der Waals surface area contributed by atoms with Gasteiger partial charge in [0, 0.05) is 18.8 Å². The predicted molar refractivity (Wildman–Crippen MR) is 79.1 cm³/mol. The third-order valence-corrected chi connectivity index (χ3v) is 2.79. The van der Waals surface area contributed by atoms with Crippen LogP contribution in [0.25, 0.3) is 0 Å². The number of nitrogens with one attached hydrogen (secondary N) is 1. The highest BCUT2D eigenvalue weighted by Crippen LogP contribution is 2.20. The molecular weight excluding hydrogens is 252 g/mol. The Morgan fingerprint density at radius 2 is 1.80 bits per heavy atom. The first kappa shape index (κ1) is 14.0. The number of aromatic nitrogens is 2. The molecule has 0 aliphatic rings. The van der Waals surface area contributed by atoms with Gasteiger partial charge in [0.2, 0.25) is 0 Å². The molecule has 0 saturated carbocycles. The Labute approximate surface area is 118 Å². The zero-order chi connectivity index (χ0) is 14.5. The molecule has 0 radical (unpaired) electrons. The van der Waals surface area contributed by atoms with E-state index in [1.807, 2.05) is 56.1 Å². The van der Waals surface area contributed by atoms with Crippen LogP contribution in [0, 0.1) is 0 Å². The molecule has 0 saturated heterocycles. The van der Waals surface area contributed by atoms with Gasteiger partial charge in [0.25, 0.3) is 5.91 Å². The molecule has 0 atom stereocenters. The molecule has 0 aliphatic heterocycles. The van der Waals surface area contributed by atoms with Crippen molar-refractivity contribution in [2.45, 2.75) is 19.9 Å². The summed E-state index contributed by atoms with van der Waals surface area (Å²) in [6.07, 6.45) is 0. The Hall–Kier alpha value is -2.43. The molecule has 5 heteroatoms. The first-order valence-electron chi connectivity index (χ1n) is 6.51. The highest BCUT2D eigenvalue weighted by Gasteiger charge is 2.11. The number of carbonyl (C=O) groups excluding carboxylic acids is 1. The summed E-state index contributed by atoms with van der Waals surface area (Å²) in [6.45, 7) is 3.81. The fraction of sp³-hybridized carbons (Fsp3) is 0.267. The maximum absolute atomic E-state index is 11.8. The van der Waals surface area contributed by atoms with Crippen LogP contribution >= 0.6 is 0 Å². The normalized spacial score (nSPS) is 10.4. The fourth-order valence-electron chi connectivity index (χ4n) is 1.75. The highest BCUT2D eigenvalue weighted by atomic mass is 16.2. The maximum atomic E-state index is 11.8. The van der Waals surface area contributed by atoms with Crippen LogP contribution in [0.2, 0.25) is 0 Å². The van der Waals surface area contributed by atoms with Gasteiger partial charge in [-0.3, -0.25) is 4.79 Å². The van der Waals surface area contributed by atoms with Crippen LogP contribution in [-0.4, -0.2) is 29.2 Å². The molecule has 1 N–H and O–H groups in total. The van der Waals surface area contributed by atoms with E-state index in [0.29, 0.717) is 11.5 Å². The molecule has 20 heavy (non-hydrogen) atoms. The van der Waals surface area contributed by atoms with Crippen LogP contribution in [-0.2, 0) is 0 Å². The minimum Gasteiger partial charge on any atom is -0.348 e. The van der Waals surface area contributed by atoms with Crippen molar-refractivity contribution in [3.05, 3.63) is 48.2 Å². The van der Waals surface area contributed by atoms with E-state index < -0.39 is 0 Å². The van der Waals surface area contributed by atoms with Crippen molar-refractivity contribution in [2.75, 3.05) is 11.9 Å². The number of benzene rings is 1. The quantitative estimate of drug-likeness (QED) is 0.926. The van der Waals surface area contributed by atoms with Crippen molar-refractivity contribution < 1.29 is 4.79 Å². The van der Waals surface area contributed by atoms with E-state index in [9.17, 15) is 4.79 Å². The molecule has 0 spiro atoms. The Morgan fingerprint density at radius 1 is 1.10 bits per heavy atom. The number of anilines is 2. The minimum atomic E-state index is -0.207. The van der Waals surface area contributed by atoms with E-state index in [0.717, 1.165) is 5.69 Å². The third-order valence-electron chi connectivity index (χ3n) is 2.79. The third kappa shape index (κ3) is 3.32. The smallest absolute Gasteiger partial charge is 0.271 e. The Morgan fingerprint density at radius 3 is 2.35 bits per heavy atom. The molecule has 1 aromatic carbocycles. The topological polar surface area (TPSA) is 58.1 Å². The number of nitrogens with zero attached hydrogens (tertiary/aromatic N) is 3. The van der Waals surface area contributed by atoms with Crippen LogP contribution in [0.4, 0.5) is 11.5 Å². The molecule has 0 unspecified atom stereocenters. The molecule has 0 fully saturated rings. The van der Waals surface area contributed by atoms with Gasteiger partial charge in [-0.25, -0.2) is 0 Å². The van der Waals surface area contributed by atoms with Gasteiger partial charge in [0.1, 0.15) is 0 Å². The first-order valence-corrected chi connectivity index (χ1v) is 6.51. The monoisotopic (exact) mass is 270 g/mol. The van der Waals surface area contributed by atoms with E-state index >= 15 is 0 Å². The standard InChI is InChI=1S/C15H18N4O/c1-11(2)16-15(20)13-9-10-14(18-17-13)19(3)12-7-5-4-6-8-12/h4-11H,1-3H3,(H,16,20). The highest BCUT2D eigenvalue weighted by molar-refractivity contribution is 5.92. The van der Waals surface area contributed by atoms with E-state index in [4.69, 9.17) is 0 Å². The summed E-state index contributed by atoms with van der Waals surface area (Å²) < 4.78 is 0. The van der Waals surface area contributed by atoms with Crippen LogP contribution < -0.4 is 10.2 Å². The SMILES string of the molecule is CC(C)NC(=O)c1ccc(N(C)c2ccccc2)nn1. The molecule has 2 rings (SSSR count). The lowest BCUT2D eigenvalue weighted by Gasteiger charge is -2.17. The Kier molecular flexibility index (Phi) is 4.30. The summed E-state index contributed by atoms with van der Waals surface area (Å²) in [7, 11) is 1.91. The number of para-hydroxylation sites is 1. The second-order valence-electron chi connectivity index (χ2n) is 4.80. The number of carbonyl (C=O) groups is 1. The van der Waals surface area contributed by atoms with Crippen LogP contribution in [0.15, 0.2) is 42.5 Å². The lowest BCUT2D eigenvalue weighted by atomic mass is 10.3. The fourth-order valence-corrected chi connectivity index (χ4v) is 1.75. The van der Waals surface area contributed by atoms with Gasteiger partial charge in [0.15, 0.2) is 11.5 Å². The average Bonchev–Trinajstić information content (AvgIpc) is 2.47. The Balaban J connectivity index is 2.14. The van der Waals surface area contributed by atoms with Crippen molar-refractivity contribution in [2.24, 2.45) is 0 Å². The molecule has 0 bridgehead atoms. The zero-order valence-corrected chi connectivity index (χ0v) is 11.9. The second-order valence-corrected chi connectivity index (χ2v) is 4.80. The maximum Gasteiger partial charge on any atom is 0.271 e. The van der Waals surface area contributed by atoms with Crippen LogP contribution in [0.1, 0.15) is 24.3 Å². The minimum absolute atomic E-state index is 0.0796. The van der Waals surface area contributed by atoms with E-state index in [1.54, 1.807) is 12.1 Å². The molecular formula is C15H18N4O. The summed E-state index contributed by atoms with van der Waals surface area (Å²) in [5.41, 5.74) is 1.34. The molecule has 104 valence electrons. The number of hydrogen-bond donors (Lipinski definition) is 1. The molecule has 1 amide bonds. The van der Waals surface area contributed by atoms with Gasteiger partial charge in [-0.1, -0.05) is 18.2 Å². The van der Waals surface area contributed by atoms with Crippen molar-refractivity contribution in [1.29, 1.82) is 0 Å². The van der Waals surface area contributed by atoms with E-state index in [1.165, 1.54) is 0 Å². The van der Waals surface area contributed by atoms with Crippen molar-refractivity contribution in [1.82, 2.24) is 15.5 Å². The zero-order valence-electron chi connectivity index (χ0n) is 11.9.